The third kappa shape index (κ3) is 25.6. The maximum absolute atomic E-state index is 14.0. The van der Waals surface area contributed by atoms with Crippen LogP contribution in [0.3, 0.4) is 0 Å². The Bertz CT molecular complexity index is 2080. The molecule has 23 heteroatoms. The van der Waals surface area contributed by atoms with Gasteiger partial charge < -0.3 is 50.2 Å². The van der Waals surface area contributed by atoms with Gasteiger partial charge in [-0.05, 0) is 70.3 Å². The van der Waals surface area contributed by atoms with Crippen molar-refractivity contribution >= 4 is 39.2 Å². The predicted molar refractivity (Wildman–Crippen MR) is 271 cm³/mol. The first-order valence-corrected chi connectivity index (χ1v) is 28.7. The number of aliphatic hydroxyl groups is 4. The molecule has 73 heavy (non-hydrogen) atoms. The Morgan fingerprint density at radius 2 is 1.53 bits per heavy atom. The third-order valence-electron chi connectivity index (χ3n) is 12.2. The van der Waals surface area contributed by atoms with Gasteiger partial charge in [-0.2, -0.15) is 9.29 Å². The average Bonchev–Trinajstić information content (AvgIpc) is 3.33. The van der Waals surface area contributed by atoms with Gasteiger partial charge in [0, 0.05) is 31.4 Å². The van der Waals surface area contributed by atoms with Crippen molar-refractivity contribution in [3.8, 4) is 0 Å². The van der Waals surface area contributed by atoms with Crippen LogP contribution in [0.15, 0.2) is 65.7 Å². The van der Waals surface area contributed by atoms with E-state index in [1.165, 1.54) is 37.5 Å². The van der Waals surface area contributed by atoms with Crippen LogP contribution < -0.4 is 11.4 Å². The molecular formula is C50H81N3O18P2. The van der Waals surface area contributed by atoms with Crippen molar-refractivity contribution in [2.75, 3.05) is 25.6 Å². The monoisotopic (exact) mass is 1070 g/mol. The number of unbranched alkanes of at least 4 members (excludes halogenated alkanes) is 10. The molecule has 0 spiro atoms. The second-order valence-electron chi connectivity index (χ2n) is 18.4. The van der Waals surface area contributed by atoms with E-state index in [1.807, 2.05) is 6.92 Å². The lowest BCUT2D eigenvalue weighted by atomic mass is 9.83. The van der Waals surface area contributed by atoms with Crippen molar-refractivity contribution in [2.45, 2.75) is 192 Å². The molecule has 1 aromatic heterocycles. The smallest absolute Gasteiger partial charge is 0.462 e. The van der Waals surface area contributed by atoms with Crippen molar-refractivity contribution in [2.24, 2.45) is 11.8 Å². The standard InChI is InChI=1S/C50H81N3O18P2/c1-3-5-7-8-9-10-11-12-13-14-15-16-17-18-24-28-46(58)69-38-34-66-45(57)27-23-20-19-22-26-40-42(56)33-41(55)39(30-29-37(54)25-21-6-4-2)47(59)48(60)43(36-68-73(64,65)71-72(62,63)67-35-38)70-49(40)53-32-31-44(51)52-50(53)61/h9-10,12-13,19,22,29-32,37-40,42-43,47-49,54,56,59-60H,3-8,11,14-18,20-21,23-28,33-36H2,1-2H3,(H,62,63)(H,64,65)(H2,51,52,61)/b10-9-,13-12-,22-19-,30-29+/t37-,38+,39-,40-,42-,43+,47-,48+,49+/m0/s1. The van der Waals surface area contributed by atoms with Gasteiger partial charge in [-0.1, -0.05) is 114 Å². The number of aromatic nitrogens is 2. The number of carbonyl (C=O) groups is 3. The number of Topliss-reactive ketones (excluding diaryl/α,β-unsaturated/α-hetero) is 1. The summed E-state index contributed by atoms with van der Waals surface area (Å²) in [6.45, 7) is 1.38. The Balaban J connectivity index is 1.82. The molecule has 0 saturated carbocycles. The number of anilines is 1. The Morgan fingerprint density at radius 3 is 2.23 bits per heavy atom. The van der Waals surface area contributed by atoms with Crippen LogP contribution in [-0.4, -0.2) is 114 Å². The SMILES string of the molecule is CCCCC/C=C\C/C=C\CCCCCCCC(=O)O[C@@H]1COC(=O)CCC/C=C\C[C@@H]2[C@H](n3ccc(N)nc3=O)O[C@H](COP(=O)(O)OP(=O)(O)OC1)[C@@H](O)[C@@H](O)[C@@H](/C=C/[C@@H](O)CCCCC)C(=O)C[C@@H]2O. The number of fused-ring (bicyclic) bond motifs is 3. The van der Waals surface area contributed by atoms with E-state index >= 15 is 0 Å². The second-order valence-corrected chi connectivity index (χ2v) is 21.5. The lowest BCUT2D eigenvalue weighted by Gasteiger charge is -2.39. The number of rotatable bonds is 22. The molecule has 2 bridgehead atoms. The van der Waals surface area contributed by atoms with Gasteiger partial charge in [-0.3, -0.25) is 28.0 Å². The number of allylic oxidation sites excluding steroid dienone is 6. The summed E-state index contributed by atoms with van der Waals surface area (Å²) in [6.07, 6.45) is 16.5. The topological polar surface area (TPSA) is 323 Å². The first-order chi connectivity index (χ1) is 34.9. The largest absolute Gasteiger partial charge is 0.481 e. The second kappa shape index (κ2) is 34.8. The molecule has 21 nitrogen and oxygen atoms in total. The number of carbonyl (C=O) groups excluding carboxylic acids is 3. The first kappa shape index (κ1) is 63.6. The fraction of sp³-hybridized carbons (Fsp3) is 0.700. The summed E-state index contributed by atoms with van der Waals surface area (Å²) >= 11 is 0. The molecule has 0 radical (unpaired) electrons. The Hall–Kier alpha value is -3.69. The number of phosphoric acid groups is 2. The van der Waals surface area contributed by atoms with Crippen molar-refractivity contribution in [3.63, 3.8) is 0 Å². The number of ketones is 1. The highest BCUT2D eigenvalue weighted by Crippen LogP contribution is 2.60. The lowest BCUT2D eigenvalue weighted by Crippen LogP contribution is -2.51. The average molecular weight is 1070 g/mol. The summed E-state index contributed by atoms with van der Waals surface area (Å²) in [4.78, 5) is 78.1. The van der Waals surface area contributed by atoms with E-state index in [-0.39, 0.29) is 37.9 Å². The summed E-state index contributed by atoms with van der Waals surface area (Å²) in [7, 11) is -11.3. The first-order valence-electron chi connectivity index (χ1n) is 25.8. The molecule has 2 aliphatic rings. The zero-order chi connectivity index (χ0) is 53.7. The van der Waals surface area contributed by atoms with E-state index in [2.05, 4.69) is 40.5 Å². The molecule has 0 amide bonds. The highest BCUT2D eigenvalue weighted by Gasteiger charge is 2.45. The van der Waals surface area contributed by atoms with Crippen LogP contribution in [0.2, 0.25) is 0 Å². The molecule has 8 N–H and O–H groups in total. The summed E-state index contributed by atoms with van der Waals surface area (Å²) < 4.78 is 58.9. The van der Waals surface area contributed by atoms with Crippen LogP contribution in [-0.2, 0) is 51.1 Å². The minimum Gasteiger partial charge on any atom is -0.462 e. The quantitative estimate of drug-likeness (QED) is 0.0262. The number of nitrogens with zero attached hydrogens (tertiary/aromatic N) is 2. The van der Waals surface area contributed by atoms with Gasteiger partial charge >= 0.3 is 33.3 Å². The maximum atomic E-state index is 14.0. The van der Waals surface area contributed by atoms with Crippen LogP contribution in [0.4, 0.5) is 5.82 Å². The molecular weight excluding hydrogens is 993 g/mol. The number of nitrogens with two attached hydrogens (primary N) is 1. The highest BCUT2D eigenvalue weighted by atomic mass is 31.3. The minimum atomic E-state index is -5.73. The van der Waals surface area contributed by atoms with E-state index in [9.17, 15) is 58.5 Å². The Morgan fingerprint density at radius 1 is 0.877 bits per heavy atom. The summed E-state index contributed by atoms with van der Waals surface area (Å²) in [5.74, 6) is -5.26. The minimum absolute atomic E-state index is 0.0214. The number of phosphoric ester groups is 2. The van der Waals surface area contributed by atoms with E-state index < -0.39 is 120 Å². The molecule has 1 saturated heterocycles. The van der Waals surface area contributed by atoms with Crippen molar-refractivity contribution in [1.82, 2.24) is 9.55 Å². The molecule has 2 unspecified atom stereocenters. The van der Waals surface area contributed by atoms with E-state index in [0.717, 1.165) is 68.6 Å². The molecule has 1 fully saturated rings. The summed E-state index contributed by atoms with van der Waals surface area (Å²) in [5.41, 5.74) is 4.74. The molecule has 3 heterocycles. The molecule has 414 valence electrons. The number of esters is 2. The van der Waals surface area contributed by atoms with Crippen LogP contribution in [0.25, 0.3) is 0 Å². The number of ether oxygens (including phenoxy) is 3. The molecule has 1 aromatic rings. The maximum Gasteiger partial charge on any atom is 0.481 e. The molecule has 0 aliphatic carbocycles. The number of cyclic esters (lactones) is 1. The van der Waals surface area contributed by atoms with Gasteiger partial charge in [0.05, 0.1) is 37.4 Å². The predicted octanol–water partition coefficient (Wildman–Crippen LogP) is 7.14. The normalized spacial score (nSPS) is 29.8. The third-order valence-corrected chi connectivity index (χ3v) is 14.8. The van der Waals surface area contributed by atoms with Crippen molar-refractivity contribution in [3.05, 3.63) is 71.4 Å². The lowest BCUT2D eigenvalue weighted by molar-refractivity contribution is -0.186. The highest BCUT2D eigenvalue weighted by molar-refractivity contribution is 7.61. The number of nitrogen functional groups attached to an aromatic ring is 1. The number of hydrogen-bond donors (Lipinski definition) is 7. The van der Waals surface area contributed by atoms with Gasteiger partial charge in [0.2, 0.25) is 0 Å². The molecule has 2 aliphatic heterocycles. The van der Waals surface area contributed by atoms with Crippen LogP contribution in [0.5, 0.6) is 0 Å². The Kier molecular flexibility index (Phi) is 30.3. The fourth-order valence-electron chi connectivity index (χ4n) is 8.10. The van der Waals surface area contributed by atoms with Crippen molar-refractivity contribution < 1.29 is 81.3 Å². The molecule has 3 rings (SSSR count). The Labute approximate surface area is 429 Å². The van der Waals surface area contributed by atoms with Gasteiger partial charge in [-0.15, -0.1) is 0 Å². The number of aliphatic hydroxyl groups excluding tert-OH is 4. The summed E-state index contributed by atoms with van der Waals surface area (Å²) in [6, 6.07) is 1.22. The number of hydrogen-bond acceptors (Lipinski definition) is 18. The van der Waals surface area contributed by atoms with Gasteiger partial charge in [0.25, 0.3) is 0 Å². The molecule has 11 atom stereocenters. The fourth-order valence-corrected chi connectivity index (χ4v) is 10.2. The van der Waals surface area contributed by atoms with E-state index in [0.29, 0.717) is 19.3 Å². The van der Waals surface area contributed by atoms with Gasteiger partial charge in [0.1, 0.15) is 36.6 Å². The van der Waals surface area contributed by atoms with Gasteiger partial charge in [0.15, 0.2) is 6.10 Å². The van der Waals surface area contributed by atoms with Crippen LogP contribution >= 0.6 is 15.6 Å². The van der Waals surface area contributed by atoms with Crippen LogP contribution in [0.1, 0.15) is 155 Å². The van der Waals surface area contributed by atoms with Crippen LogP contribution in [0, 0.1) is 11.8 Å². The van der Waals surface area contributed by atoms with Gasteiger partial charge in [-0.25, -0.2) is 13.9 Å². The van der Waals surface area contributed by atoms with E-state index in [1.54, 1.807) is 12.2 Å². The van der Waals surface area contributed by atoms with Crippen molar-refractivity contribution in [1.29, 1.82) is 0 Å². The zero-order valence-electron chi connectivity index (χ0n) is 42.4. The molecule has 0 aromatic carbocycles. The summed E-state index contributed by atoms with van der Waals surface area (Å²) in [5, 5.41) is 45.7. The van der Waals surface area contributed by atoms with E-state index in [4.69, 9.17) is 29.0 Å². The zero-order valence-corrected chi connectivity index (χ0v) is 44.2.